The second kappa shape index (κ2) is 6.87. The van der Waals surface area contributed by atoms with Crippen LogP contribution < -0.4 is 11.3 Å². The van der Waals surface area contributed by atoms with Gasteiger partial charge in [-0.2, -0.15) is 0 Å². The number of alkyl halides is 2. The molecule has 20 heavy (non-hydrogen) atoms. The smallest absolute Gasteiger partial charge is 0.248 e. The van der Waals surface area contributed by atoms with Gasteiger partial charge in [-0.1, -0.05) is 17.7 Å². The minimum atomic E-state index is -2.46. The molecule has 0 bridgehead atoms. The molecule has 0 radical (unpaired) electrons. The number of hydrogen-bond donors (Lipinski definition) is 2. The number of halogens is 2. The van der Waals surface area contributed by atoms with Crippen molar-refractivity contribution >= 4 is 11.8 Å². The standard InChI is InChI=1S/C15H22F2N2S/c1-11-2-4-14(5-3-11)20-10-13(19-18)8-12-6-7-15(16,17)9-12/h2-5,12-13,19H,6-10,18H2,1H3. The first-order valence-electron chi connectivity index (χ1n) is 7.02. The Balaban J connectivity index is 1.79. The highest BCUT2D eigenvalue weighted by molar-refractivity contribution is 7.99. The molecular weight excluding hydrogens is 278 g/mol. The van der Waals surface area contributed by atoms with Gasteiger partial charge >= 0.3 is 0 Å². The van der Waals surface area contributed by atoms with Gasteiger partial charge < -0.3 is 0 Å². The molecular formula is C15H22F2N2S. The van der Waals surface area contributed by atoms with Gasteiger partial charge in [0.25, 0.3) is 0 Å². The molecule has 2 rings (SSSR count). The number of hydrogen-bond acceptors (Lipinski definition) is 3. The Kier molecular flexibility index (Phi) is 5.41. The minimum Gasteiger partial charge on any atom is -0.271 e. The van der Waals surface area contributed by atoms with Crippen LogP contribution in [0.25, 0.3) is 0 Å². The molecule has 1 aromatic rings. The molecule has 1 fully saturated rings. The highest BCUT2D eigenvalue weighted by Crippen LogP contribution is 2.41. The SMILES string of the molecule is Cc1ccc(SCC(CC2CCC(F)(F)C2)NN)cc1. The summed E-state index contributed by atoms with van der Waals surface area (Å²) < 4.78 is 26.4. The summed E-state index contributed by atoms with van der Waals surface area (Å²) in [6, 6.07) is 8.39. The molecule has 1 aliphatic carbocycles. The van der Waals surface area contributed by atoms with E-state index in [4.69, 9.17) is 5.84 Å². The lowest BCUT2D eigenvalue weighted by Crippen LogP contribution is -2.38. The highest BCUT2D eigenvalue weighted by Gasteiger charge is 2.39. The van der Waals surface area contributed by atoms with Gasteiger partial charge in [-0.15, -0.1) is 11.8 Å². The van der Waals surface area contributed by atoms with Crippen molar-refractivity contribution in [2.24, 2.45) is 11.8 Å². The second-order valence-corrected chi connectivity index (χ2v) is 6.78. The van der Waals surface area contributed by atoms with E-state index in [-0.39, 0.29) is 24.8 Å². The van der Waals surface area contributed by atoms with E-state index in [1.807, 2.05) is 0 Å². The monoisotopic (exact) mass is 300 g/mol. The Labute approximate surface area is 123 Å². The third-order valence-corrected chi connectivity index (χ3v) is 5.01. The average molecular weight is 300 g/mol. The van der Waals surface area contributed by atoms with E-state index in [1.165, 1.54) is 10.5 Å². The van der Waals surface area contributed by atoms with Crippen molar-refractivity contribution in [2.75, 3.05) is 5.75 Å². The van der Waals surface area contributed by atoms with Crippen LogP contribution in [0.5, 0.6) is 0 Å². The van der Waals surface area contributed by atoms with Crippen molar-refractivity contribution in [3.05, 3.63) is 29.8 Å². The zero-order valence-electron chi connectivity index (χ0n) is 11.7. The number of hydrazine groups is 1. The number of aryl methyl sites for hydroxylation is 1. The van der Waals surface area contributed by atoms with Gasteiger partial charge in [0.2, 0.25) is 5.92 Å². The number of benzene rings is 1. The van der Waals surface area contributed by atoms with Gasteiger partial charge in [0, 0.05) is 29.5 Å². The molecule has 0 saturated heterocycles. The average Bonchev–Trinajstić information content (AvgIpc) is 2.75. The molecule has 2 atom stereocenters. The summed E-state index contributed by atoms with van der Waals surface area (Å²) in [5.74, 6) is 3.99. The van der Waals surface area contributed by atoms with E-state index < -0.39 is 5.92 Å². The van der Waals surface area contributed by atoms with Crippen LogP contribution >= 0.6 is 11.8 Å². The van der Waals surface area contributed by atoms with E-state index in [0.717, 1.165) is 12.2 Å². The summed E-state index contributed by atoms with van der Waals surface area (Å²) in [6.07, 6.45) is 1.38. The van der Waals surface area contributed by atoms with Crippen molar-refractivity contribution in [2.45, 2.75) is 49.5 Å². The summed E-state index contributed by atoms with van der Waals surface area (Å²) in [7, 11) is 0. The first-order chi connectivity index (χ1) is 9.48. The maximum atomic E-state index is 13.2. The van der Waals surface area contributed by atoms with Crippen molar-refractivity contribution < 1.29 is 8.78 Å². The zero-order valence-corrected chi connectivity index (χ0v) is 12.6. The molecule has 2 unspecified atom stereocenters. The molecule has 1 aromatic carbocycles. The zero-order chi connectivity index (χ0) is 14.6. The largest absolute Gasteiger partial charge is 0.271 e. The summed E-state index contributed by atoms with van der Waals surface area (Å²) in [5, 5.41) is 0. The van der Waals surface area contributed by atoms with Crippen LogP contribution in [0, 0.1) is 12.8 Å². The Hall–Kier alpha value is -0.650. The quantitative estimate of drug-likeness (QED) is 0.477. The maximum absolute atomic E-state index is 13.2. The first kappa shape index (κ1) is 15.7. The normalized spacial score (nSPS) is 22.9. The van der Waals surface area contributed by atoms with E-state index in [2.05, 4.69) is 36.6 Å². The Morgan fingerprint density at radius 1 is 1.40 bits per heavy atom. The fourth-order valence-electron chi connectivity index (χ4n) is 2.66. The van der Waals surface area contributed by atoms with Crippen molar-refractivity contribution in [3.63, 3.8) is 0 Å². The second-order valence-electron chi connectivity index (χ2n) is 5.69. The molecule has 0 amide bonds. The lowest BCUT2D eigenvalue weighted by molar-refractivity contribution is 0.00442. The predicted molar refractivity (Wildman–Crippen MR) is 79.9 cm³/mol. The van der Waals surface area contributed by atoms with Crippen LogP contribution in [0.1, 0.15) is 31.2 Å². The highest BCUT2D eigenvalue weighted by atomic mass is 32.2. The maximum Gasteiger partial charge on any atom is 0.248 e. The third-order valence-electron chi connectivity index (χ3n) is 3.83. The summed E-state index contributed by atoms with van der Waals surface area (Å²) >= 11 is 1.72. The van der Waals surface area contributed by atoms with Gasteiger partial charge in [-0.05, 0) is 37.8 Å². The molecule has 0 spiro atoms. The number of rotatable bonds is 6. The van der Waals surface area contributed by atoms with E-state index >= 15 is 0 Å². The summed E-state index contributed by atoms with van der Waals surface area (Å²) in [5.41, 5.74) is 4.00. The first-order valence-corrected chi connectivity index (χ1v) is 8.00. The van der Waals surface area contributed by atoms with E-state index in [9.17, 15) is 8.78 Å². The Morgan fingerprint density at radius 2 is 2.10 bits per heavy atom. The topological polar surface area (TPSA) is 38.0 Å². The molecule has 2 nitrogen and oxygen atoms in total. The molecule has 112 valence electrons. The predicted octanol–water partition coefficient (Wildman–Crippen LogP) is 3.74. The summed E-state index contributed by atoms with van der Waals surface area (Å²) in [6.45, 7) is 2.05. The van der Waals surface area contributed by atoms with Crippen LogP contribution in [0.4, 0.5) is 8.78 Å². The lowest BCUT2D eigenvalue weighted by atomic mass is 9.99. The molecule has 0 aliphatic heterocycles. The fourth-order valence-corrected chi connectivity index (χ4v) is 3.62. The van der Waals surface area contributed by atoms with E-state index in [0.29, 0.717) is 6.42 Å². The van der Waals surface area contributed by atoms with Crippen LogP contribution in [-0.4, -0.2) is 17.7 Å². The number of nitrogens with two attached hydrogens (primary N) is 1. The molecule has 3 N–H and O–H groups in total. The van der Waals surface area contributed by atoms with Gasteiger partial charge in [0.15, 0.2) is 0 Å². The van der Waals surface area contributed by atoms with Crippen LogP contribution in [0.3, 0.4) is 0 Å². The van der Waals surface area contributed by atoms with Gasteiger partial charge in [-0.3, -0.25) is 11.3 Å². The van der Waals surface area contributed by atoms with Gasteiger partial charge in [0.05, 0.1) is 0 Å². The van der Waals surface area contributed by atoms with Gasteiger partial charge in [0.1, 0.15) is 0 Å². The van der Waals surface area contributed by atoms with Crippen molar-refractivity contribution in [1.82, 2.24) is 5.43 Å². The van der Waals surface area contributed by atoms with Crippen molar-refractivity contribution in [3.8, 4) is 0 Å². The molecule has 1 aliphatic rings. The third kappa shape index (κ3) is 4.72. The molecule has 0 heterocycles. The van der Waals surface area contributed by atoms with Gasteiger partial charge in [-0.25, -0.2) is 8.78 Å². The molecule has 5 heteroatoms. The van der Waals surface area contributed by atoms with Crippen LogP contribution in [-0.2, 0) is 0 Å². The minimum absolute atomic E-state index is 0.0143. The molecule has 0 aromatic heterocycles. The Morgan fingerprint density at radius 3 is 2.65 bits per heavy atom. The molecule has 1 saturated carbocycles. The Bertz CT molecular complexity index is 422. The van der Waals surface area contributed by atoms with Crippen LogP contribution in [0.2, 0.25) is 0 Å². The van der Waals surface area contributed by atoms with Crippen molar-refractivity contribution in [1.29, 1.82) is 0 Å². The number of nitrogens with one attached hydrogen (secondary N) is 1. The number of thioether (sulfide) groups is 1. The van der Waals surface area contributed by atoms with E-state index in [1.54, 1.807) is 11.8 Å². The lowest BCUT2D eigenvalue weighted by Gasteiger charge is -2.19. The van der Waals surface area contributed by atoms with Crippen LogP contribution in [0.15, 0.2) is 29.2 Å². The fraction of sp³-hybridized carbons (Fsp3) is 0.600. The summed E-state index contributed by atoms with van der Waals surface area (Å²) in [4.78, 5) is 1.19.